The minimum absolute atomic E-state index is 0.123. The van der Waals surface area contributed by atoms with Gasteiger partial charge in [0.15, 0.2) is 0 Å². The van der Waals surface area contributed by atoms with Crippen LogP contribution in [-0.2, 0) is 4.79 Å². The first-order chi connectivity index (χ1) is 9.97. The van der Waals surface area contributed by atoms with E-state index in [-0.39, 0.29) is 11.5 Å². The summed E-state index contributed by atoms with van der Waals surface area (Å²) in [5.74, 6) is -0.752. The van der Waals surface area contributed by atoms with Gasteiger partial charge in [-0.2, -0.15) is 0 Å². The normalized spacial score (nSPS) is 12.0. The molecule has 1 aromatic carbocycles. The van der Waals surface area contributed by atoms with E-state index in [9.17, 15) is 9.59 Å². The van der Waals surface area contributed by atoms with Crippen molar-refractivity contribution >= 4 is 17.6 Å². The number of amides is 1. The van der Waals surface area contributed by atoms with Gasteiger partial charge in [0.2, 0.25) is 5.91 Å². The number of anilines is 1. The summed E-state index contributed by atoms with van der Waals surface area (Å²) in [4.78, 5) is 23.1. The van der Waals surface area contributed by atoms with Crippen LogP contribution in [0.15, 0.2) is 18.2 Å². The molecule has 0 bridgehead atoms. The summed E-state index contributed by atoms with van der Waals surface area (Å²) in [5.41, 5.74) is 6.86. The molecule has 0 saturated heterocycles. The van der Waals surface area contributed by atoms with Crippen LogP contribution in [-0.4, -0.2) is 23.5 Å². The predicted octanol–water partition coefficient (Wildman–Crippen LogP) is 2.79. The van der Waals surface area contributed by atoms with Crippen LogP contribution in [0.3, 0.4) is 0 Å². The average Bonchev–Trinajstić information content (AvgIpc) is 2.45. The van der Waals surface area contributed by atoms with Gasteiger partial charge in [-0.25, -0.2) is 4.79 Å². The molecule has 1 amide bonds. The van der Waals surface area contributed by atoms with Crippen molar-refractivity contribution < 1.29 is 14.7 Å². The Morgan fingerprint density at radius 2 is 2.05 bits per heavy atom. The number of nitrogens with one attached hydrogen (secondary N) is 1. The smallest absolute Gasteiger partial charge is 0.337 e. The zero-order valence-electron chi connectivity index (χ0n) is 12.7. The number of aromatic carboxylic acids is 1. The van der Waals surface area contributed by atoms with Gasteiger partial charge >= 0.3 is 5.97 Å². The van der Waals surface area contributed by atoms with Gasteiger partial charge in [-0.05, 0) is 44.4 Å². The number of carbonyl (C=O) groups is 2. The maximum Gasteiger partial charge on any atom is 0.337 e. The molecular formula is C16H24N2O3. The monoisotopic (exact) mass is 292 g/mol. The number of hydrogen-bond donors (Lipinski definition) is 3. The Morgan fingerprint density at radius 3 is 2.62 bits per heavy atom. The van der Waals surface area contributed by atoms with Gasteiger partial charge in [0.25, 0.3) is 0 Å². The highest BCUT2D eigenvalue weighted by Gasteiger charge is 2.14. The molecule has 116 valence electrons. The number of rotatable bonds is 8. The molecule has 0 fully saturated rings. The molecule has 1 rings (SSSR count). The first-order valence-electron chi connectivity index (χ1n) is 7.31. The van der Waals surface area contributed by atoms with Crippen molar-refractivity contribution in [1.29, 1.82) is 0 Å². The predicted molar refractivity (Wildman–Crippen MR) is 83.5 cm³/mol. The van der Waals surface area contributed by atoms with Crippen LogP contribution >= 0.6 is 0 Å². The van der Waals surface area contributed by atoms with E-state index >= 15 is 0 Å². The number of nitrogens with two attached hydrogens (primary N) is 1. The molecule has 5 nitrogen and oxygen atoms in total. The first kappa shape index (κ1) is 17.2. The van der Waals surface area contributed by atoms with Gasteiger partial charge in [0.1, 0.15) is 0 Å². The number of carboxylic acid groups (broad SMARTS) is 1. The molecule has 21 heavy (non-hydrogen) atoms. The fourth-order valence-electron chi connectivity index (χ4n) is 2.28. The molecule has 0 spiro atoms. The summed E-state index contributed by atoms with van der Waals surface area (Å²) in [6.07, 6.45) is 3.06. The van der Waals surface area contributed by atoms with Gasteiger partial charge in [-0.15, -0.1) is 0 Å². The lowest BCUT2D eigenvalue weighted by Gasteiger charge is -2.14. The summed E-state index contributed by atoms with van der Waals surface area (Å²) in [7, 11) is 0. The van der Waals surface area contributed by atoms with Crippen molar-refractivity contribution in [3.8, 4) is 0 Å². The van der Waals surface area contributed by atoms with Crippen molar-refractivity contribution in [1.82, 2.24) is 0 Å². The second-order valence-corrected chi connectivity index (χ2v) is 5.29. The number of carboxylic acids is 1. The second kappa shape index (κ2) is 8.42. The maximum atomic E-state index is 12.0. The van der Waals surface area contributed by atoms with E-state index in [4.69, 9.17) is 10.8 Å². The van der Waals surface area contributed by atoms with Crippen molar-refractivity contribution in [2.75, 3.05) is 11.9 Å². The first-order valence-corrected chi connectivity index (χ1v) is 7.31. The third-order valence-electron chi connectivity index (χ3n) is 3.61. The zero-order chi connectivity index (χ0) is 15.8. The zero-order valence-corrected chi connectivity index (χ0v) is 12.7. The van der Waals surface area contributed by atoms with Crippen LogP contribution in [0.1, 0.15) is 48.5 Å². The molecule has 0 aromatic heterocycles. The highest BCUT2D eigenvalue weighted by atomic mass is 16.4. The minimum atomic E-state index is -1.04. The fourth-order valence-corrected chi connectivity index (χ4v) is 2.28. The van der Waals surface area contributed by atoms with E-state index in [1.54, 1.807) is 18.2 Å². The van der Waals surface area contributed by atoms with Gasteiger partial charge in [0.05, 0.1) is 11.3 Å². The Kier molecular flexibility index (Phi) is 6.88. The minimum Gasteiger partial charge on any atom is -0.478 e. The molecule has 4 N–H and O–H groups in total. The summed E-state index contributed by atoms with van der Waals surface area (Å²) >= 11 is 0. The van der Waals surface area contributed by atoms with E-state index in [1.165, 1.54) is 0 Å². The molecular weight excluding hydrogens is 268 g/mol. The molecule has 0 aliphatic carbocycles. The van der Waals surface area contributed by atoms with Crippen LogP contribution in [0.25, 0.3) is 0 Å². The molecule has 0 aliphatic heterocycles. The molecule has 1 atom stereocenters. The van der Waals surface area contributed by atoms with Gasteiger partial charge in [0, 0.05) is 6.42 Å². The van der Waals surface area contributed by atoms with Gasteiger partial charge in [-0.1, -0.05) is 25.0 Å². The Bertz CT molecular complexity index is 500. The second-order valence-electron chi connectivity index (χ2n) is 5.29. The summed E-state index contributed by atoms with van der Waals surface area (Å²) in [6, 6.07) is 4.97. The number of aryl methyl sites for hydroxylation is 1. The molecule has 5 heteroatoms. The van der Waals surface area contributed by atoms with E-state index in [0.29, 0.717) is 24.6 Å². The SMILES string of the molecule is CCC(CCN)CCC(=O)Nc1ccc(C)cc1C(=O)O. The van der Waals surface area contributed by atoms with Crippen LogP contribution < -0.4 is 11.1 Å². The van der Waals surface area contributed by atoms with Crippen LogP contribution in [0.5, 0.6) is 0 Å². The Balaban J connectivity index is 2.65. The topological polar surface area (TPSA) is 92.4 Å². The van der Waals surface area contributed by atoms with E-state index in [0.717, 1.165) is 24.8 Å². The molecule has 0 heterocycles. The lowest BCUT2D eigenvalue weighted by molar-refractivity contribution is -0.116. The van der Waals surface area contributed by atoms with Crippen LogP contribution in [0.2, 0.25) is 0 Å². The largest absolute Gasteiger partial charge is 0.478 e. The Morgan fingerprint density at radius 1 is 1.33 bits per heavy atom. The quantitative estimate of drug-likeness (QED) is 0.687. The number of hydrogen-bond acceptors (Lipinski definition) is 3. The number of carbonyl (C=O) groups excluding carboxylic acids is 1. The number of benzene rings is 1. The van der Waals surface area contributed by atoms with E-state index in [1.807, 2.05) is 6.92 Å². The summed E-state index contributed by atoms with van der Waals surface area (Å²) in [6.45, 7) is 4.53. The molecule has 0 radical (unpaired) electrons. The van der Waals surface area contributed by atoms with Crippen molar-refractivity contribution in [2.24, 2.45) is 11.7 Å². The lowest BCUT2D eigenvalue weighted by atomic mass is 9.96. The molecule has 0 aliphatic rings. The molecule has 0 saturated carbocycles. The third kappa shape index (κ3) is 5.55. The van der Waals surface area contributed by atoms with Crippen molar-refractivity contribution in [2.45, 2.75) is 39.5 Å². The fraction of sp³-hybridized carbons (Fsp3) is 0.500. The van der Waals surface area contributed by atoms with Crippen molar-refractivity contribution in [3.63, 3.8) is 0 Å². The van der Waals surface area contributed by atoms with Crippen LogP contribution in [0.4, 0.5) is 5.69 Å². The van der Waals surface area contributed by atoms with E-state index < -0.39 is 5.97 Å². The van der Waals surface area contributed by atoms with Crippen LogP contribution in [0, 0.1) is 12.8 Å². The third-order valence-corrected chi connectivity index (χ3v) is 3.61. The Hall–Kier alpha value is -1.88. The lowest BCUT2D eigenvalue weighted by Crippen LogP contribution is -2.17. The summed E-state index contributed by atoms with van der Waals surface area (Å²) < 4.78 is 0. The van der Waals surface area contributed by atoms with Gasteiger partial charge in [-0.3, -0.25) is 4.79 Å². The Labute approximate surface area is 125 Å². The maximum absolute atomic E-state index is 12.0. The van der Waals surface area contributed by atoms with E-state index in [2.05, 4.69) is 12.2 Å². The van der Waals surface area contributed by atoms with Crippen molar-refractivity contribution in [3.05, 3.63) is 29.3 Å². The highest BCUT2D eigenvalue weighted by Crippen LogP contribution is 2.19. The summed E-state index contributed by atoms with van der Waals surface area (Å²) in [5, 5.41) is 11.9. The van der Waals surface area contributed by atoms with Gasteiger partial charge < -0.3 is 16.2 Å². The molecule has 1 unspecified atom stereocenters. The average molecular weight is 292 g/mol. The molecule has 1 aromatic rings. The highest BCUT2D eigenvalue weighted by molar-refractivity contribution is 6.00. The standard InChI is InChI=1S/C16H24N2O3/c1-3-12(8-9-17)5-7-15(19)18-14-6-4-11(2)10-13(14)16(20)21/h4,6,10,12H,3,5,7-9,17H2,1-2H3,(H,18,19)(H,20,21).